The van der Waals surface area contributed by atoms with E-state index in [1.165, 1.54) is 19.2 Å². The Labute approximate surface area is 164 Å². The van der Waals surface area contributed by atoms with Gasteiger partial charge in [-0.3, -0.25) is 0 Å². The number of allylic oxidation sites excluding steroid dienone is 2. The molecule has 0 aliphatic heterocycles. The van der Waals surface area contributed by atoms with Crippen LogP contribution in [0, 0.1) is 17.7 Å². The topological polar surface area (TPSA) is 103 Å². The quantitative estimate of drug-likeness (QED) is 0.415. The van der Waals surface area contributed by atoms with Gasteiger partial charge < -0.3 is 17.2 Å². The standard InChI is InChI=1S/C20H17F4N5/c1-11(25)15(6-3-13-4-8-18(27)28-10-13)19(29-12(2)26)16-9-14(20(22,23)24)5-7-17(16)21/h4-5,7-10H,2,25-26H2,1H3,(H2,27,28)/b15-11-,29-19?. The van der Waals surface area contributed by atoms with Crippen LogP contribution in [0.3, 0.4) is 0 Å². The van der Waals surface area contributed by atoms with Gasteiger partial charge >= 0.3 is 6.18 Å². The number of pyridine rings is 1. The number of aliphatic imine (C=N–C) groups is 1. The molecule has 0 unspecified atom stereocenters. The Balaban J connectivity index is 2.67. The van der Waals surface area contributed by atoms with Crippen LogP contribution in [0.5, 0.6) is 0 Å². The molecule has 0 saturated heterocycles. The number of nitrogens with two attached hydrogens (primary N) is 3. The maximum Gasteiger partial charge on any atom is 0.416 e. The van der Waals surface area contributed by atoms with Crippen molar-refractivity contribution in [1.82, 2.24) is 4.98 Å². The van der Waals surface area contributed by atoms with Crippen LogP contribution in [-0.2, 0) is 6.18 Å². The van der Waals surface area contributed by atoms with Crippen molar-refractivity contribution in [2.75, 3.05) is 5.73 Å². The number of benzene rings is 1. The zero-order valence-electron chi connectivity index (χ0n) is 15.3. The van der Waals surface area contributed by atoms with Crippen molar-refractivity contribution in [3.8, 4) is 11.8 Å². The molecule has 0 fully saturated rings. The molecule has 2 aromatic rings. The zero-order valence-corrected chi connectivity index (χ0v) is 15.3. The highest BCUT2D eigenvalue weighted by molar-refractivity contribution is 6.16. The van der Waals surface area contributed by atoms with Crippen molar-refractivity contribution in [2.24, 2.45) is 16.5 Å². The van der Waals surface area contributed by atoms with E-state index in [-0.39, 0.29) is 28.6 Å². The van der Waals surface area contributed by atoms with Crippen molar-refractivity contribution in [2.45, 2.75) is 13.1 Å². The second kappa shape index (κ2) is 8.48. The van der Waals surface area contributed by atoms with Crippen LogP contribution in [0.2, 0.25) is 0 Å². The molecular weight excluding hydrogens is 386 g/mol. The molecule has 0 amide bonds. The van der Waals surface area contributed by atoms with E-state index in [1.54, 1.807) is 6.07 Å². The van der Waals surface area contributed by atoms with Gasteiger partial charge in [0.05, 0.1) is 16.8 Å². The maximum absolute atomic E-state index is 14.4. The fourth-order valence-corrected chi connectivity index (χ4v) is 2.24. The third-order valence-corrected chi connectivity index (χ3v) is 3.55. The Morgan fingerprint density at radius 1 is 1.17 bits per heavy atom. The van der Waals surface area contributed by atoms with Crippen molar-refractivity contribution in [3.05, 3.63) is 82.7 Å². The lowest BCUT2D eigenvalue weighted by Gasteiger charge is -2.13. The van der Waals surface area contributed by atoms with Gasteiger partial charge in [-0.15, -0.1) is 0 Å². The van der Waals surface area contributed by atoms with E-state index in [2.05, 4.69) is 28.4 Å². The Hall–Kier alpha value is -3.80. The fourth-order valence-electron chi connectivity index (χ4n) is 2.24. The van der Waals surface area contributed by atoms with E-state index in [9.17, 15) is 17.6 Å². The Bertz CT molecular complexity index is 1050. The minimum atomic E-state index is -4.68. The lowest BCUT2D eigenvalue weighted by molar-refractivity contribution is -0.137. The molecule has 6 N–H and O–H groups in total. The van der Waals surface area contributed by atoms with Gasteiger partial charge in [0.25, 0.3) is 0 Å². The van der Waals surface area contributed by atoms with Gasteiger partial charge in [-0.05, 0) is 37.3 Å². The second-order valence-electron chi connectivity index (χ2n) is 5.92. The molecule has 1 aromatic carbocycles. The number of halogens is 4. The summed E-state index contributed by atoms with van der Waals surface area (Å²) in [6, 6.07) is 5.03. The van der Waals surface area contributed by atoms with Gasteiger partial charge in [-0.1, -0.05) is 18.4 Å². The maximum atomic E-state index is 14.4. The number of hydrogen-bond donors (Lipinski definition) is 3. The summed E-state index contributed by atoms with van der Waals surface area (Å²) in [7, 11) is 0. The Kier molecular flexibility index (Phi) is 6.28. The first-order chi connectivity index (χ1) is 13.5. The van der Waals surface area contributed by atoms with E-state index >= 15 is 0 Å². The molecule has 150 valence electrons. The van der Waals surface area contributed by atoms with Crippen LogP contribution in [-0.4, -0.2) is 10.7 Å². The number of aromatic nitrogens is 1. The summed E-state index contributed by atoms with van der Waals surface area (Å²) in [4.78, 5) is 7.78. The zero-order chi connectivity index (χ0) is 21.8. The molecule has 1 heterocycles. The predicted molar refractivity (Wildman–Crippen MR) is 104 cm³/mol. The van der Waals surface area contributed by atoms with Crippen molar-refractivity contribution in [3.63, 3.8) is 0 Å². The first-order valence-electron chi connectivity index (χ1n) is 8.09. The van der Waals surface area contributed by atoms with Gasteiger partial charge in [-0.25, -0.2) is 14.4 Å². The van der Waals surface area contributed by atoms with E-state index in [0.717, 1.165) is 0 Å². The predicted octanol–water partition coefficient (Wildman–Crippen LogP) is 3.33. The molecule has 0 atom stereocenters. The third-order valence-electron chi connectivity index (χ3n) is 3.55. The molecule has 2 rings (SSSR count). The monoisotopic (exact) mass is 403 g/mol. The fraction of sp³-hybridized carbons (Fsp3) is 0.100. The van der Waals surface area contributed by atoms with Crippen LogP contribution < -0.4 is 17.2 Å². The SMILES string of the molecule is C=C(N)N=C(/C(C#Cc1ccc(N)nc1)=C(/C)N)c1cc(C(F)(F)F)ccc1F. The molecule has 0 aliphatic rings. The molecule has 0 bridgehead atoms. The first-order valence-corrected chi connectivity index (χ1v) is 8.09. The van der Waals surface area contributed by atoms with Crippen molar-refractivity contribution < 1.29 is 17.6 Å². The summed E-state index contributed by atoms with van der Waals surface area (Å²) in [5.74, 6) is 4.51. The molecule has 0 saturated carbocycles. The largest absolute Gasteiger partial charge is 0.416 e. The molecule has 5 nitrogen and oxygen atoms in total. The average molecular weight is 403 g/mol. The normalized spacial score (nSPS) is 12.7. The van der Waals surface area contributed by atoms with E-state index in [0.29, 0.717) is 23.8 Å². The van der Waals surface area contributed by atoms with Gasteiger partial charge in [0.15, 0.2) is 0 Å². The highest BCUT2D eigenvalue weighted by atomic mass is 19.4. The van der Waals surface area contributed by atoms with Gasteiger partial charge in [0, 0.05) is 23.0 Å². The van der Waals surface area contributed by atoms with Crippen LogP contribution >= 0.6 is 0 Å². The Morgan fingerprint density at radius 2 is 1.86 bits per heavy atom. The van der Waals surface area contributed by atoms with Crippen LogP contribution in [0.4, 0.5) is 23.4 Å². The van der Waals surface area contributed by atoms with Crippen LogP contribution in [0.1, 0.15) is 23.6 Å². The number of anilines is 1. The molecular formula is C20H17F4N5. The summed E-state index contributed by atoms with van der Waals surface area (Å²) in [6.45, 7) is 4.85. The summed E-state index contributed by atoms with van der Waals surface area (Å²) in [5.41, 5.74) is 15.6. The van der Waals surface area contributed by atoms with Crippen LogP contribution in [0.15, 0.2) is 65.2 Å². The van der Waals surface area contributed by atoms with E-state index < -0.39 is 23.1 Å². The lowest BCUT2D eigenvalue weighted by Crippen LogP contribution is -2.15. The second-order valence-corrected chi connectivity index (χ2v) is 5.92. The van der Waals surface area contributed by atoms with Gasteiger partial charge in [0.1, 0.15) is 17.5 Å². The highest BCUT2D eigenvalue weighted by Crippen LogP contribution is 2.31. The number of alkyl halides is 3. The number of hydrogen-bond acceptors (Lipinski definition) is 5. The van der Waals surface area contributed by atoms with Gasteiger partial charge in [0.2, 0.25) is 0 Å². The molecule has 0 aliphatic carbocycles. The Morgan fingerprint density at radius 3 is 2.38 bits per heavy atom. The number of nitrogens with zero attached hydrogens (tertiary/aromatic N) is 2. The summed E-state index contributed by atoms with van der Waals surface area (Å²) >= 11 is 0. The third kappa shape index (κ3) is 5.59. The highest BCUT2D eigenvalue weighted by Gasteiger charge is 2.32. The number of rotatable bonds is 3. The minimum absolute atomic E-state index is 0.00773. The molecule has 1 aromatic heterocycles. The number of nitrogen functional groups attached to an aromatic ring is 1. The smallest absolute Gasteiger partial charge is 0.401 e. The molecule has 0 radical (unpaired) electrons. The summed E-state index contributed by atoms with van der Waals surface area (Å²) < 4.78 is 53.7. The van der Waals surface area contributed by atoms with E-state index in [1.807, 2.05) is 0 Å². The molecule has 29 heavy (non-hydrogen) atoms. The van der Waals surface area contributed by atoms with E-state index in [4.69, 9.17) is 17.2 Å². The van der Waals surface area contributed by atoms with Crippen molar-refractivity contribution >= 4 is 11.5 Å². The van der Waals surface area contributed by atoms with Gasteiger partial charge in [-0.2, -0.15) is 13.2 Å². The average Bonchev–Trinajstić information content (AvgIpc) is 2.61. The first kappa shape index (κ1) is 21.5. The summed E-state index contributed by atoms with van der Waals surface area (Å²) in [5, 5.41) is 0. The van der Waals surface area contributed by atoms with Crippen molar-refractivity contribution in [1.29, 1.82) is 0 Å². The minimum Gasteiger partial charge on any atom is -0.401 e. The lowest BCUT2D eigenvalue weighted by atomic mass is 9.98. The molecule has 0 spiro atoms. The van der Waals surface area contributed by atoms with Crippen LogP contribution in [0.25, 0.3) is 0 Å². The molecule has 9 heteroatoms. The summed E-state index contributed by atoms with van der Waals surface area (Å²) in [6.07, 6.45) is -3.29.